The average molecular weight is 440 g/mol. The Morgan fingerprint density at radius 1 is 0.714 bits per heavy atom. The first kappa shape index (κ1) is 29.3. The van der Waals surface area contributed by atoms with E-state index < -0.39 is 69.9 Å². The summed E-state index contributed by atoms with van der Waals surface area (Å²) in [6, 6.07) is 0. The largest absolute Gasteiger partial charge is 0.469 e. The van der Waals surface area contributed by atoms with Gasteiger partial charge in [0.1, 0.15) is 48.8 Å². The molecule has 16 heteroatoms. The first-order valence-electron chi connectivity index (χ1n) is 7.39. The lowest BCUT2D eigenvalue weighted by atomic mass is 10.0. The molecule has 0 aromatic rings. The van der Waals surface area contributed by atoms with Gasteiger partial charge in [-0.1, -0.05) is 0 Å². The fourth-order valence-corrected chi connectivity index (χ4v) is 1.75. The zero-order valence-corrected chi connectivity index (χ0v) is 15.1. The molecule has 0 rings (SSSR count). The van der Waals surface area contributed by atoms with Crippen molar-refractivity contribution in [3.05, 3.63) is 0 Å². The molecule has 11 N–H and O–H groups in total. The predicted octanol–water partition coefficient (Wildman–Crippen LogP) is -6.64. The predicted molar refractivity (Wildman–Crippen MR) is 85.3 cm³/mol. The second-order valence-electron chi connectivity index (χ2n) is 5.32. The maximum Gasteiger partial charge on any atom is 0.469 e. The van der Waals surface area contributed by atoms with Gasteiger partial charge >= 0.3 is 7.82 Å². The first-order valence-corrected chi connectivity index (χ1v) is 8.92. The van der Waals surface area contributed by atoms with Crippen molar-refractivity contribution < 1.29 is 74.4 Å². The van der Waals surface area contributed by atoms with E-state index in [0.717, 1.165) is 0 Å². The van der Waals surface area contributed by atoms with Gasteiger partial charge in [-0.3, -0.25) is 4.52 Å². The average Bonchev–Trinajstić information content (AvgIpc) is 2.67. The van der Waals surface area contributed by atoms with E-state index in [1.54, 1.807) is 0 Å². The van der Waals surface area contributed by atoms with E-state index in [9.17, 15) is 14.2 Å². The SMILES string of the molecule is O=CC(O)C(O)C(O)C(O)CO.O=CC(O)C(O)C(O)C(O)COP(=O)(O)O. The van der Waals surface area contributed by atoms with Crippen molar-refractivity contribution in [1.29, 1.82) is 0 Å². The highest BCUT2D eigenvalue weighted by Gasteiger charge is 2.32. The Morgan fingerprint density at radius 3 is 1.36 bits per heavy atom. The number of phosphoric ester groups is 1. The number of hydrogen-bond acceptors (Lipinski definition) is 13. The van der Waals surface area contributed by atoms with E-state index in [4.69, 9.17) is 55.7 Å². The highest BCUT2D eigenvalue weighted by molar-refractivity contribution is 7.46. The number of aliphatic hydroxyl groups is 9. The van der Waals surface area contributed by atoms with Gasteiger partial charge in [-0.15, -0.1) is 0 Å². The zero-order valence-electron chi connectivity index (χ0n) is 14.2. The van der Waals surface area contributed by atoms with Gasteiger partial charge in [-0.05, 0) is 0 Å². The summed E-state index contributed by atoms with van der Waals surface area (Å²) < 4.78 is 14.1. The van der Waals surface area contributed by atoms with Crippen LogP contribution in [0.1, 0.15) is 0 Å². The molecule has 0 aliphatic heterocycles. The minimum Gasteiger partial charge on any atom is -0.394 e. The molecule has 28 heavy (non-hydrogen) atoms. The molecule has 0 fully saturated rings. The summed E-state index contributed by atoms with van der Waals surface area (Å²) >= 11 is 0. The van der Waals surface area contributed by atoms with Gasteiger partial charge in [0.15, 0.2) is 12.6 Å². The van der Waals surface area contributed by atoms with Crippen LogP contribution in [0, 0.1) is 0 Å². The number of carbonyl (C=O) groups is 2. The highest BCUT2D eigenvalue weighted by Crippen LogP contribution is 2.35. The first-order chi connectivity index (χ1) is 12.7. The van der Waals surface area contributed by atoms with Crippen molar-refractivity contribution >= 4 is 20.4 Å². The number of hydrogen-bond donors (Lipinski definition) is 11. The minimum absolute atomic E-state index is 0.0258. The molecule has 168 valence electrons. The lowest BCUT2D eigenvalue weighted by Crippen LogP contribution is -2.46. The molecule has 0 radical (unpaired) electrons. The third-order valence-corrected chi connectivity index (χ3v) is 3.55. The molecule has 0 saturated carbocycles. The molecule has 0 aliphatic rings. The molecule has 0 spiro atoms. The Morgan fingerprint density at radius 2 is 1.07 bits per heavy atom. The Kier molecular flexibility index (Phi) is 14.8. The molecule has 0 saturated heterocycles. The van der Waals surface area contributed by atoms with Gasteiger partial charge in [-0.2, -0.15) is 0 Å². The molecule has 8 unspecified atom stereocenters. The maximum atomic E-state index is 10.2. The van der Waals surface area contributed by atoms with Crippen LogP contribution in [0.5, 0.6) is 0 Å². The summed E-state index contributed by atoms with van der Waals surface area (Å²) in [6.07, 6.45) is -14.6. The van der Waals surface area contributed by atoms with Crippen LogP contribution < -0.4 is 0 Å². The number of rotatable bonds is 12. The van der Waals surface area contributed by atoms with E-state index >= 15 is 0 Å². The maximum absolute atomic E-state index is 10.2. The summed E-state index contributed by atoms with van der Waals surface area (Å²) in [5.41, 5.74) is 0. The Bertz CT molecular complexity index is 484. The van der Waals surface area contributed by atoms with Crippen molar-refractivity contribution in [1.82, 2.24) is 0 Å². The standard InChI is InChI=1S/C6H13O9P.C6H12O6/c7-1-3(8)5(10)6(11)4(9)2-15-16(12,13)14;7-1-3(9)5(11)6(12)4(10)2-8/h1,3-6,8-11H,2H2,(H2,12,13,14);1,3-6,8-12H,2H2. The van der Waals surface area contributed by atoms with Crippen molar-refractivity contribution in [2.24, 2.45) is 0 Å². The van der Waals surface area contributed by atoms with Gasteiger partial charge < -0.3 is 65.3 Å². The lowest BCUT2D eigenvalue weighted by Gasteiger charge is -2.23. The zero-order chi connectivity index (χ0) is 22.7. The Labute approximate surface area is 157 Å². The van der Waals surface area contributed by atoms with Crippen LogP contribution >= 0.6 is 7.82 Å². The van der Waals surface area contributed by atoms with Gasteiger partial charge in [0.05, 0.1) is 13.2 Å². The normalized spacial score (nSPS) is 20.4. The van der Waals surface area contributed by atoms with E-state index in [1.807, 2.05) is 0 Å². The van der Waals surface area contributed by atoms with Crippen molar-refractivity contribution in [2.45, 2.75) is 48.8 Å². The van der Waals surface area contributed by atoms with Crippen molar-refractivity contribution in [2.75, 3.05) is 13.2 Å². The van der Waals surface area contributed by atoms with Crippen LogP contribution in [0.3, 0.4) is 0 Å². The van der Waals surface area contributed by atoms with Gasteiger partial charge in [0, 0.05) is 0 Å². The topological polar surface area (TPSA) is 283 Å². The monoisotopic (exact) mass is 440 g/mol. The van der Waals surface area contributed by atoms with Gasteiger partial charge in [-0.25, -0.2) is 4.57 Å². The van der Waals surface area contributed by atoms with Crippen LogP contribution in [0.25, 0.3) is 0 Å². The molecule has 0 amide bonds. The quantitative estimate of drug-likeness (QED) is 0.0993. The van der Waals surface area contributed by atoms with E-state index in [-0.39, 0.29) is 12.6 Å². The highest BCUT2D eigenvalue weighted by atomic mass is 31.2. The number of phosphoric acid groups is 1. The summed E-state index contributed by atoms with van der Waals surface area (Å²) in [5.74, 6) is 0. The molecule has 0 bridgehead atoms. The summed E-state index contributed by atoms with van der Waals surface area (Å²) in [7, 11) is -4.80. The van der Waals surface area contributed by atoms with E-state index in [2.05, 4.69) is 4.52 Å². The fourth-order valence-electron chi connectivity index (χ4n) is 1.40. The molecule has 0 aromatic carbocycles. The van der Waals surface area contributed by atoms with E-state index in [0.29, 0.717) is 0 Å². The van der Waals surface area contributed by atoms with Crippen molar-refractivity contribution in [3.8, 4) is 0 Å². The second-order valence-corrected chi connectivity index (χ2v) is 6.56. The molecule has 0 aliphatic carbocycles. The second kappa shape index (κ2) is 14.1. The third kappa shape index (κ3) is 11.8. The number of aldehydes is 2. The number of aliphatic hydroxyl groups excluding tert-OH is 9. The molecule has 0 aromatic heterocycles. The van der Waals surface area contributed by atoms with Crippen LogP contribution in [-0.4, -0.2) is 130 Å². The summed E-state index contributed by atoms with van der Waals surface area (Å²) in [4.78, 5) is 36.5. The molecular formula is C12H25O15P. The lowest BCUT2D eigenvalue weighted by molar-refractivity contribution is -0.136. The van der Waals surface area contributed by atoms with Crippen molar-refractivity contribution in [3.63, 3.8) is 0 Å². The Balaban J connectivity index is 0. The molecular weight excluding hydrogens is 415 g/mol. The van der Waals surface area contributed by atoms with Crippen LogP contribution in [0.4, 0.5) is 0 Å². The van der Waals surface area contributed by atoms with Gasteiger partial charge in [0.25, 0.3) is 0 Å². The molecule has 8 atom stereocenters. The number of carbonyl (C=O) groups excluding carboxylic acids is 2. The Hall–Kier alpha value is -0.910. The molecule has 0 heterocycles. The third-order valence-electron chi connectivity index (χ3n) is 3.07. The molecule has 15 nitrogen and oxygen atoms in total. The van der Waals surface area contributed by atoms with Gasteiger partial charge in [0.2, 0.25) is 0 Å². The van der Waals surface area contributed by atoms with E-state index in [1.165, 1.54) is 0 Å². The summed E-state index contributed by atoms with van der Waals surface area (Å²) in [5, 5.41) is 79.6. The minimum atomic E-state index is -4.80. The summed E-state index contributed by atoms with van der Waals surface area (Å²) in [6.45, 7) is -1.72. The smallest absolute Gasteiger partial charge is 0.394 e. The van der Waals surface area contributed by atoms with Crippen LogP contribution in [0.2, 0.25) is 0 Å². The fraction of sp³-hybridized carbons (Fsp3) is 0.833. The van der Waals surface area contributed by atoms with Crippen LogP contribution in [-0.2, 0) is 18.7 Å². The van der Waals surface area contributed by atoms with Crippen LogP contribution in [0.15, 0.2) is 0 Å².